The van der Waals surface area contributed by atoms with Gasteiger partial charge in [-0.3, -0.25) is 0 Å². The van der Waals surface area contributed by atoms with E-state index in [1.165, 1.54) is 12.8 Å². The molecule has 1 heterocycles. The fourth-order valence-corrected chi connectivity index (χ4v) is 2.30. The van der Waals surface area contributed by atoms with Gasteiger partial charge in [0.2, 0.25) is 0 Å². The molecule has 1 saturated heterocycles. The Hall–Kier alpha value is -0.900. The monoisotopic (exact) mass is 234 g/mol. The van der Waals surface area contributed by atoms with E-state index in [0.29, 0.717) is 6.54 Å². The Labute approximate surface area is 103 Å². The van der Waals surface area contributed by atoms with Crippen molar-refractivity contribution >= 4 is 0 Å². The van der Waals surface area contributed by atoms with Gasteiger partial charge in [0, 0.05) is 6.54 Å². The van der Waals surface area contributed by atoms with Crippen LogP contribution in [-0.2, 0) is 0 Å². The van der Waals surface area contributed by atoms with Gasteiger partial charge in [-0.15, -0.1) is 0 Å². The highest BCUT2D eigenvalue weighted by atomic mass is 16.3. The molecule has 2 rings (SSSR count). The number of piperidine rings is 1. The first-order chi connectivity index (χ1) is 8.36. The maximum Gasteiger partial charge on any atom is 0.0914 e. The average molecular weight is 234 g/mol. The van der Waals surface area contributed by atoms with Crippen LogP contribution in [0.5, 0.6) is 0 Å². The molecule has 1 aromatic rings. The Kier molecular flexibility index (Phi) is 4.98. The number of benzene rings is 1. The fraction of sp³-hybridized carbons (Fsp3) is 0.571. The van der Waals surface area contributed by atoms with Gasteiger partial charge in [0.1, 0.15) is 0 Å². The molecule has 0 saturated carbocycles. The van der Waals surface area contributed by atoms with Crippen LogP contribution in [-0.4, -0.2) is 31.3 Å². The van der Waals surface area contributed by atoms with Gasteiger partial charge in [-0.05, 0) is 44.0 Å². The number of hydrogen-bond donors (Lipinski definition) is 3. The molecule has 0 aliphatic carbocycles. The zero-order valence-electron chi connectivity index (χ0n) is 10.2. The lowest BCUT2D eigenvalue weighted by molar-refractivity contribution is 0.171. The molecule has 94 valence electrons. The zero-order valence-corrected chi connectivity index (χ0v) is 10.2. The molecule has 3 nitrogen and oxygen atoms in total. The Morgan fingerprint density at radius 3 is 2.65 bits per heavy atom. The lowest BCUT2D eigenvalue weighted by Crippen LogP contribution is -2.34. The Morgan fingerprint density at radius 2 is 1.94 bits per heavy atom. The molecule has 1 atom stereocenters. The van der Waals surface area contributed by atoms with Crippen molar-refractivity contribution in [2.24, 2.45) is 5.92 Å². The summed E-state index contributed by atoms with van der Waals surface area (Å²) in [6, 6.07) is 9.84. The maximum absolute atomic E-state index is 9.98. The summed E-state index contributed by atoms with van der Waals surface area (Å²) < 4.78 is 0. The van der Waals surface area contributed by atoms with E-state index in [1.54, 1.807) is 0 Å². The molecule has 1 aromatic carbocycles. The van der Waals surface area contributed by atoms with Gasteiger partial charge in [-0.1, -0.05) is 30.3 Å². The summed E-state index contributed by atoms with van der Waals surface area (Å²) in [5.41, 5.74) is 0.991. The van der Waals surface area contributed by atoms with E-state index in [1.807, 2.05) is 30.3 Å². The minimum atomic E-state index is -0.391. The Bertz CT molecular complexity index is 309. The van der Waals surface area contributed by atoms with Gasteiger partial charge in [0.15, 0.2) is 0 Å². The first-order valence-corrected chi connectivity index (χ1v) is 6.50. The van der Waals surface area contributed by atoms with Gasteiger partial charge in [-0.2, -0.15) is 0 Å². The molecule has 0 spiro atoms. The molecule has 3 heteroatoms. The van der Waals surface area contributed by atoms with Crippen molar-refractivity contribution in [1.29, 1.82) is 0 Å². The number of aliphatic hydroxyl groups excluding tert-OH is 1. The smallest absolute Gasteiger partial charge is 0.0914 e. The van der Waals surface area contributed by atoms with Crippen LogP contribution in [0.4, 0.5) is 0 Å². The summed E-state index contributed by atoms with van der Waals surface area (Å²) in [5.74, 6) is 0.763. The van der Waals surface area contributed by atoms with E-state index < -0.39 is 6.10 Å². The summed E-state index contributed by atoms with van der Waals surface area (Å²) >= 11 is 0. The van der Waals surface area contributed by atoms with Crippen LogP contribution >= 0.6 is 0 Å². The average Bonchev–Trinajstić information content (AvgIpc) is 2.41. The van der Waals surface area contributed by atoms with Crippen molar-refractivity contribution in [3.8, 4) is 0 Å². The minimum absolute atomic E-state index is 0.391. The first-order valence-electron chi connectivity index (χ1n) is 6.50. The van der Waals surface area contributed by atoms with Crippen LogP contribution < -0.4 is 10.6 Å². The number of nitrogens with one attached hydrogen (secondary N) is 2. The standard InChI is InChI=1S/C14H22N2O/c17-14(13-4-2-1-3-5-13)11-16-10-12-6-8-15-9-7-12/h1-5,12,14-17H,6-11H2. The quantitative estimate of drug-likeness (QED) is 0.720. The fourth-order valence-electron chi connectivity index (χ4n) is 2.30. The summed E-state index contributed by atoms with van der Waals surface area (Å²) in [6.07, 6.45) is 2.10. The molecule has 1 unspecified atom stereocenters. The third-order valence-corrected chi connectivity index (χ3v) is 3.41. The van der Waals surface area contributed by atoms with Crippen LogP contribution in [0, 0.1) is 5.92 Å². The van der Waals surface area contributed by atoms with Crippen molar-refractivity contribution in [2.45, 2.75) is 18.9 Å². The molecule has 0 amide bonds. The molecular weight excluding hydrogens is 212 g/mol. The molecule has 1 fully saturated rings. The van der Waals surface area contributed by atoms with Crippen molar-refractivity contribution in [3.05, 3.63) is 35.9 Å². The van der Waals surface area contributed by atoms with Crippen LogP contribution in [0.2, 0.25) is 0 Å². The van der Waals surface area contributed by atoms with E-state index in [9.17, 15) is 5.11 Å². The Morgan fingerprint density at radius 1 is 1.24 bits per heavy atom. The van der Waals surface area contributed by atoms with Gasteiger partial charge in [-0.25, -0.2) is 0 Å². The molecule has 0 radical (unpaired) electrons. The van der Waals surface area contributed by atoms with Crippen molar-refractivity contribution in [3.63, 3.8) is 0 Å². The van der Waals surface area contributed by atoms with Gasteiger partial charge in [0.05, 0.1) is 6.10 Å². The van der Waals surface area contributed by atoms with Crippen molar-refractivity contribution in [2.75, 3.05) is 26.2 Å². The zero-order chi connectivity index (χ0) is 11.9. The van der Waals surface area contributed by atoms with Gasteiger partial charge >= 0.3 is 0 Å². The largest absolute Gasteiger partial charge is 0.387 e. The summed E-state index contributed by atoms with van der Waals surface area (Å²) in [5, 5.41) is 16.7. The first kappa shape index (κ1) is 12.6. The summed E-state index contributed by atoms with van der Waals surface area (Å²) in [7, 11) is 0. The van der Waals surface area contributed by atoms with Gasteiger partial charge in [0.25, 0.3) is 0 Å². The van der Waals surface area contributed by atoms with Crippen molar-refractivity contribution < 1.29 is 5.11 Å². The topological polar surface area (TPSA) is 44.3 Å². The predicted octanol–water partition coefficient (Wildman–Crippen LogP) is 1.31. The molecular formula is C14H22N2O. The van der Waals surface area contributed by atoms with E-state index in [4.69, 9.17) is 0 Å². The highest BCUT2D eigenvalue weighted by Gasteiger charge is 2.13. The second-order valence-corrected chi connectivity index (χ2v) is 4.78. The molecule has 1 aliphatic rings. The van der Waals surface area contributed by atoms with Crippen LogP contribution in [0.15, 0.2) is 30.3 Å². The van der Waals surface area contributed by atoms with E-state index in [-0.39, 0.29) is 0 Å². The maximum atomic E-state index is 9.98. The summed E-state index contributed by atoms with van der Waals surface area (Å²) in [4.78, 5) is 0. The lowest BCUT2D eigenvalue weighted by Gasteiger charge is -2.23. The third kappa shape index (κ3) is 4.11. The second-order valence-electron chi connectivity index (χ2n) is 4.78. The summed E-state index contributed by atoms with van der Waals surface area (Å²) in [6.45, 7) is 3.93. The minimum Gasteiger partial charge on any atom is -0.387 e. The van der Waals surface area contributed by atoms with E-state index in [0.717, 1.165) is 31.1 Å². The Balaban J connectivity index is 1.67. The normalized spacial score (nSPS) is 19.1. The molecule has 0 aromatic heterocycles. The van der Waals surface area contributed by atoms with E-state index in [2.05, 4.69) is 10.6 Å². The molecule has 1 aliphatic heterocycles. The molecule has 3 N–H and O–H groups in total. The van der Waals surface area contributed by atoms with Crippen molar-refractivity contribution in [1.82, 2.24) is 10.6 Å². The lowest BCUT2D eigenvalue weighted by atomic mass is 9.98. The third-order valence-electron chi connectivity index (χ3n) is 3.41. The molecule has 0 bridgehead atoms. The number of hydrogen-bond acceptors (Lipinski definition) is 3. The number of aliphatic hydroxyl groups is 1. The van der Waals surface area contributed by atoms with E-state index >= 15 is 0 Å². The highest BCUT2D eigenvalue weighted by molar-refractivity contribution is 5.17. The van der Waals surface area contributed by atoms with Crippen LogP contribution in [0.1, 0.15) is 24.5 Å². The SMILES string of the molecule is OC(CNCC1CCNCC1)c1ccccc1. The molecule has 17 heavy (non-hydrogen) atoms. The van der Waals surface area contributed by atoms with Crippen LogP contribution in [0.25, 0.3) is 0 Å². The number of rotatable bonds is 5. The predicted molar refractivity (Wildman–Crippen MR) is 69.9 cm³/mol. The van der Waals surface area contributed by atoms with Gasteiger partial charge < -0.3 is 15.7 Å². The highest BCUT2D eigenvalue weighted by Crippen LogP contribution is 2.12. The second kappa shape index (κ2) is 6.74. The van der Waals surface area contributed by atoms with Crippen LogP contribution in [0.3, 0.4) is 0 Å².